The summed E-state index contributed by atoms with van der Waals surface area (Å²) in [6.45, 7) is 0.0820. The average molecular weight is 286 g/mol. The van der Waals surface area contributed by atoms with Crippen molar-refractivity contribution in [2.45, 2.75) is 25.4 Å². The van der Waals surface area contributed by atoms with E-state index in [0.29, 0.717) is 0 Å². The quantitative estimate of drug-likeness (QED) is 0.676. The molecule has 2 rings (SSSR count). The van der Waals surface area contributed by atoms with Crippen molar-refractivity contribution in [3.63, 3.8) is 0 Å². The number of aliphatic hydroxyl groups excluding tert-OH is 1. The zero-order chi connectivity index (χ0) is 13.0. The van der Waals surface area contributed by atoms with Gasteiger partial charge in [-0.05, 0) is 25.0 Å². The predicted molar refractivity (Wildman–Crippen MR) is 70.2 cm³/mol. The Hall–Kier alpha value is -0.910. The molecule has 0 saturated heterocycles. The number of nitrogens with one attached hydrogen (secondary N) is 2. The molecule has 1 aromatic rings. The third kappa shape index (κ3) is 4.40. The molecule has 5 nitrogen and oxygen atoms in total. The molecule has 0 amide bonds. The molecule has 1 aliphatic carbocycles. The zero-order valence-corrected chi connectivity index (χ0v) is 11.3. The van der Waals surface area contributed by atoms with E-state index in [1.807, 2.05) is 12.1 Å². The van der Waals surface area contributed by atoms with Crippen molar-refractivity contribution >= 4 is 21.5 Å². The van der Waals surface area contributed by atoms with Gasteiger partial charge < -0.3 is 5.11 Å². The van der Waals surface area contributed by atoms with Crippen molar-refractivity contribution in [1.29, 1.82) is 0 Å². The van der Waals surface area contributed by atoms with Crippen LogP contribution in [0.2, 0.25) is 0 Å². The lowest BCUT2D eigenvalue weighted by Gasteiger charge is -2.05. The summed E-state index contributed by atoms with van der Waals surface area (Å²) in [6.07, 6.45) is 1.83. The van der Waals surface area contributed by atoms with Crippen molar-refractivity contribution in [3.8, 4) is 11.8 Å². The Balaban J connectivity index is 1.87. The van der Waals surface area contributed by atoms with Gasteiger partial charge in [0.15, 0.2) is 0 Å². The van der Waals surface area contributed by atoms with Gasteiger partial charge in [-0.1, -0.05) is 11.8 Å². The van der Waals surface area contributed by atoms with Crippen molar-refractivity contribution in [3.05, 3.63) is 21.9 Å². The van der Waals surface area contributed by atoms with Crippen LogP contribution in [0.15, 0.2) is 12.1 Å². The Morgan fingerprint density at radius 3 is 2.89 bits per heavy atom. The van der Waals surface area contributed by atoms with Crippen LogP contribution in [-0.2, 0) is 16.8 Å². The third-order valence-electron chi connectivity index (χ3n) is 2.29. The Kier molecular flexibility index (Phi) is 4.37. The van der Waals surface area contributed by atoms with Gasteiger partial charge in [-0.2, -0.15) is 17.9 Å². The summed E-state index contributed by atoms with van der Waals surface area (Å²) in [7, 11) is -3.39. The predicted octanol–water partition coefficient (Wildman–Crippen LogP) is 0.178. The van der Waals surface area contributed by atoms with Gasteiger partial charge >= 0.3 is 0 Å². The first-order valence-corrected chi connectivity index (χ1v) is 7.84. The van der Waals surface area contributed by atoms with Gasteiger partial charge in [0.2, 0.25) is 0 Å². The number of aliphatic hydroxyl groups is 1. The fraction of sp³-hybridized carbons (Fsp3) is 0.455. The Labute approximate surface area is 110 Å². The third-order valence-corrected chi connectivity index (χ3v) is 4.46. The van der Waals surface area contributed by atoms with Crippen LogP contribution in [0.25, 0.3) is 0 Å². The molecule has 0 atom stereocenters. The fourth-order valence-electron chi connectivity index (χ4n) is 1.30. The molecule has 0 unspecified atom stereocenters. The second-order valence-corrected chi connectivity index (χ2v) is 6.64. The van der Waals surface area contributed by atoms with Gasteiger partial charge in [-0.15, -0.1) is 11.3 Å². The van der Waals surface area contributed by atoms with Gasteiger partial charge in [0, 0.05) is 17.5 Å². The van der Waals surface area contributed by atoms with E-state index < -0.39 is 10.2 Å². The van der Waals surface area contributed by atoms with E-state index in [-0.39, 0.29) is 19.2 Å². The van der Waals surface area contributed by atoms with Crippen LogP contribution in [0.1, 0.15) is 22.6 Å². The van der Waals surface area contributed by atoms with Crippen LogP contribution in [0.4, 0.5) is 0 Å². The first-order valence-electron chi connectivity index (χ1n) is 5.54. The van der Waals surface area contributed by atoms with Crippen LogP contribution < -0.4 is 9.44 Å². The average Bonchev–Trinajstić information content (AvgIpc) is 3.00. The van der Waals surface area contributed by atoms with E-state index in [1.54, 1.807) is 0 Å². The molecule has 18 heavy (non-hydrogen) atoms. The van der Waals surface area contributed by atoms with Gasteiger partial charge in [-0.25, -0.2) is 0 Å². The summed E-state index contributed by atoms with van der Waals surface area (Å²) in [5.41, 5.74) is 0. The summed E-state index contributed by atoms with van der Waals surface area (Å²) in [4.78, 5) is 1.70. The van der Waals surface area contributed by atoms with E-state index in [2.05, 4.69) is 21.3 Å². The molecule has 1 aliphatic rings. The van der Waals surface area contributed by atoms with Crippen molar-refractivity contribution in [2.75, 3.05) is 6.61 Å². The van der Waals surface area contributed by atoms with E-state index in [4.69, 9.17) is 5.11 Å². The molecule has 0 bridgehead atoms. The largest absolute Gasteiger partial charge is 0.384 e. The molecule has 3 N–H and O–H groups in total. The molecular weight excluding hydrogens is 272 g/mol. The maximum Gasteiger partial charge on any atom is 0.277 e. The highest BCUT2D eigenvalue weighted by atomic mass is 32.2. The van der Waals surface area contributed by atoms with E-state index in [9.17, 15) is 8.42 Å². The van der Waals surface area contributed by atoms with Gasteiger partial charge in [-0.3, -0.25) is 0 Å². The van der Waals surface area contributed by atoms with Gasteiger partial charge in [0.25, 0.3) is 10.2 Å². The molecule has 1 fully saturated rings. The fourth-order valence-corrected chi connectivity index (χ4v) is 3.31. The SMILES string of the molecule is O=S(=O)(NCc1ccc(C#CCO)s1)NC1CC1. The minimum atomic E-state index is -3.39. The standard InChI is InChI=1S/C11H14N2O3S2/c14-7-1-2-10-5-6-11(17-10)8-12-18(15,16)13-9-3-4-9/h5-6,9,12-14H,3-4,7-8H2. The summed E-state index contributed by atoms with van der Waals surface area (Å²) < 4.78 is 28.1. The maximum absolute atomic E-state index is 11.6. The first-order chi connectivity index (χ1) is 8.59. The lowest BCUT2D eigenvalue weighted by atomic mass is 10.4. The Morgan fingerprint density at radius 1 is 1.44 bits per heavy atom. The molecule has 1 heterocycles. The molecular formula is C11H14N2O3S2. The van der Waals surface area contributed by atoms with Gasteiger partial charge in [0.1, 0.15) is 6.61 Å². The van der Waals surface area contributed by atoms with Crippen molar-refractivity contribution < 1.29 is 13.5 Å². The molecule has 1 saturated carbocycles. The maximum atomic E-state index is 11.6. The smallest absolute Gasteiger partial charge is 0.277 e. The monoisotopic (exact) mass is 286 g/mol. The summed E-state index contributed by atoms with van der Waals surface area (Å²) >= 11 is 1.41. The van der Waals surface area contributed by atoms with Crippen LogP contribution in [-0.4, -0.2) is 26.2 Å². The lowest BCUT2D eigenvalue weighted by molar-refractivity contribution is 0.350. The highest BCUT2D eigenvalue weighted by molar-refractivity contribution is 7.87. The second kappa shape index (κ2) is 5.82. The number of hydrogen-bond donors (Lipinski definition) is 3. The number of hydrogen-bond acceptors (Lipinski definition) is 4. The van der Waals surface area contributed by atoms with Crippen LogP contribution >= 0.6 is 11.3 Å². The van der Waals surface area contributed by atoms with E-state index in [1.165, 1.54) is 11.3 Å². The molecule has 1 aromatic heterocycles. The molecule has 0 radical (unpaired) electrons. The van der Waals surface area contributed by atoms with Gasteiger partial charge in [0.05, 0.1) is 4.88 Å². The summed E-state index contributed by atoms with van der Waals surface area (Å²) in [5, 5.41) is 8.57. The zero-order valence-electron chi connectivity index (χ0n) is 9.64. The Morgan fingerprint density at radius 2 is 2.22 bits per heavy atom. The topological polar surface area (TPSA) is 78.4 Å². The highest BCUT2D eigenvalue weighted by Gasteiger charge is 2.26. The second-order valence-electron chi connectivity index (χ2n) is 3.94. The van der Waals surface area contributed by atoms with Crippen molar-refractivity contribution in [2.24, 2.45) is 0 Å². The highest BCUT2D eigenvalue weighted by Crippen LogP contribution is 2.19. The van der Waals surface area contributed by atoms with Crippen LogP contribution in [0, 0.1) is 11.8 Å². The molecule has 0 spiro atoms. The normalized spacial score (nSPS) is 15.2. The minimum absolute atomic E-state index is 0.108. The molecule has 7 heteroatoms. The molecule has 0 aromatic carbocycles. The van der Waals surface area contributed by atoms with Crippen molar-refractivity contribution in [1.82, 2.24) is 9.44 Å². The molecule has 98 valence electrons. The summed E-state index contributed by atoms with van der Waals surface area (Å²) in [6, 6.07) is 3.74. The first kappa shape index (κ1) is 13.5. The number of rotatable bonds is 5. The van der Waals surface area contributed by atoms with E-state index >= 15 is 0 Å². The van der Waals surface area contributed by atoms with Crippen LogP contribution in [0.5, 0.6) is 0 Å². The number of thiophene rings is 1. The van der Waals surface area contributed by atoms with E-state index in [0.717, 1.165) is 22.6 Å². The Bertz CT molecular complexity index is 565. The summed E-state index contributed by atoms with van der Waals surface area (Å²) in [5.74, 6) is 5.33. The lowest BCUT2D eigenvalue weighted by Crippen LogP contribution is -2.37. The minimum Gasteiger partial charge on any atom is -0.384 e. The molecule has 0 aliphatic heterocycles. The van der Waals surface area contributed by atoms with Crippen LogP contribution in [0.3, 0.4) is 0 Å².